The number of nitrogens with two attached hydrogens (primary N) is 1. The van der Waals surface area contributed by atoms with Gasteiger partial charge in [-0.1, -0.05) is 0 Å². The average Bonchev–Trinajstić information content (AvgIpc) is 2.78. The SMILES string of the molecule is NNC(c1ccoc1)c1cc(F)ccc1F. The minimum Gasteiger partial charge on any atom is -0.472 e. The highest BCUT2D eigenvalue weighted by Crippen LogP contribution is 2.24. The van der Waals surface area contributed by atoms with Crippen molar-refractivity contribution >= 4 is 0 Å². The lowest BCUT2D eigenvalue weighted by Crippen LogP contribution is -2.29. The quantitative estimate of drug-likeness (QED) is 0.620. The molecule has 0 saturated heterocycles. The van der Waals surface area contributed by atoms with Crippen molar-refractivity contribution in [1.82, 2.24) is 5.43 Å². The van der Waals surface area contributed by atoms with Gasteiger partial charge in [0.1, 0.15) is 11.6 Å². The van der Waals surface area contributed by atoms with Crippen LogP contribution in [0.2, 0.25) is 0 Å². The third kappa shape index (κ3) is 1.95. The molecule has 0 aliphatic rings. The van der Waals surface area contributed by atoms with E-state index in [0.29, 0.717) is 5.56 Å². The topological polar surface area (TPSA) is 51.2 Å². The van der Waals surface area contributed by atoms with E-state index in [1.165, 1.54) is 12.5 Å². The molecule has 0 saturated carbocycles. The van der Waals surface area contributed by atoms with E-state index in [4.69, 9.17) is 10.3 Å². The molecule has 0 radical (unpaired) electrons. The lowest BCUT2D eigenvalue weighted by Gasteiger charge is -2.15. The third-order valence-electron chi connectivity index (χ3n) is 2.31. The van der Waals surface area contributed by atoms with E-state index in [1.54, 1.807) is 6.07 Å². The van der Waals surface area contributed by atoms with Crippen molar-refractivity contribution in [3.05, 3.63) is 59.6 Å². The first-order chi connectivity index (χ1) is 7.72. The predicted molar refractivity (Wildman–Crippen MR) is 54.2 cm³/mol. The molecule has 2 aromatic rings. The van der Waals surface area contributed by atoms with Crippen LogP contribution in [0.15, 0.2) is 41.2 Å². The molecule has 0 fully saturated rings. The number of furan rings is 1. The number of nitrogens with one attached hydrogen (secondary N) is 1. The molecular weight excluding hydrogens is 214 g/mol. The molecule has 1 heterocycles. The summed E-state index contributed by atoms with van der Waals surface area (Å²) in [7, 11) is 0. The molecule has 1 aromatic heterocycles. The van der Waals surface area contributed by atoms with Crippen LogP contribution in [0, 0.1) is 11.6 Å². The van der Waals surface area contributed by atoms with Crippen LogP contribution in [-0.2, 0) is 0 Å². The zero-order chi connectivity index (χ0) is 11.5. The molecule has 1 aromatic carbocycles. The number of hydrogen-bond donors (Lipinski definition) is 2. The second-order valence-corrected chi connectivity index (χ2v) is 3.32. The van der Waals surface area contributed by atoms with Crippen molar-refractivity contribution in [2.24, 2.45) is 5.84 Å². The second-order valence-electron chi connectivity index (χ2n) is 3.32. The number of benzene rings is 1. The van der Waals surface area contributed by atoms with Gasteiger partial charge in [0, 0.05) is 11.1 Å². The van der Waals surface area contributed by atoms with Gasteiger partial charge in [0.15, 0.2) is 0 Å². The fourth-order valence-corrected chi connectivity index (χ4v) is 1.54. The van der Waals surface area contributed by atoms with E-state index < -0.39 is 17.7 Å². The van der Waals surface area contributed by atoms with Crippen LogP contribution in [0.1, 0.15) is 17.2 Å². The monoisotopic (exact) mass is 224 g/mol. The molecule has 2 rings (SSSR count). The van der Waals surface area contributed by atoms with Crippen molar-refractivity contribution in [2.45, 2.75) is 6.04 Å². The Morgan fingerprint density at radius 2 is 2.06 bits per heavy atom. The first kappa shape index (κ1) is 10.8. The van der Waals surface area contributed by atoms with Gasteiger partial charge in [-0.3, -0.25) is 5.84 Å². The van der Waals surface area contributed by atoms with Crippen LogP contribution in [0.5, 0.6) is 0 Å². The molecule has 1 unspecified atom stereocenters. The van der Waals surface area contributed by atoms with Gasteiger partial charge in [0.25, 0.3) is 0 Å². The smallest absolute Gasteiger partial charge is 0.128 e. The molecule has 3 N–H and O–H groups in total. The molecule has 0 amide bonds. The summed E-state index contributed by atoms with van der Waals surface area (Å²) in [5.41, 5.74) is 3.20. The van der Waals surface area contributed by atoms with E-state index in [0.717, 1.165) is 18.2 Å². The summed E-state index contributed by atoms with van der Waals surface area (Å²) in [5.74, 6) is 4.30. The highest BCUT2D eigenvalue weighted by Gasteiger charge is 2.18. The molecule has 0 aliphatic heterocycles. The van der Waals surface area contributed by atoms with Crippen LogP contribution < -0.4 is 11.3 Å². The molecule has 0 bridgehead atoms. The van der Waals surface area contributed by atoms with Crippen molar-refractivity contribution in [1.29, 1.82) is 0 Å². The zero-order valence-corrected chi connectivity index (χ0v) is 8.28. The Balaban J connectivity index is 2.44. The van der Waals surface area contributed by atoms with Crippen molar-refractivity contribution < 1.29 is 13.2 Å². The van der Waals surface area contributed by atoms with Gasteiger partial charge < -0.3 is 4.42 Å². The number of hydrazine groups is 1. The van der Waals surface area contributed by atoms with E-state index >= 15 is 0 Å². The molecule has 0 spiro atoms. The third-order valence-corrected chi connectivity index (χ3v) is 2.31. The Morgan fingerprint density at radius 3 is 2.69 bits per heavy atom. The van der Waals surface area contributed by atoms with Crippen LogP contribution in [0.4, 0.5) is 8.78 Å². The number of hydrogen-bond acceptors (Lipinski definition) is 3. The molecule has 16 heavy (non-hydrogen) atoms. The van der Waals surface area contributed by atoms with Gasteiger partial charge in [0.05, 0.1) is 18.6 Å². The number of rotatable bonds is 3. The van der Waals surface area contributed by atoms with Crippen LogP contribution in [0.25, 0.3) is 0 Å². The molecule has 1 atom stereocenters. The van der Waals surface area contributed by atoms with E-state index in [9.17, 15) is 8.78 Å². The Labute approximate surface area is 90.8 Å². The molecule has 84 valence electrons. The van der Waals surface area contributed by atoms with Gasteiger partial charge in [-0.2, -0.15) is 0 Å². The van der Waals surface area contributed by atoms with Gasteiger partial charge >= 0.3 is 0 Å². The lowest BCUT2D eigenvalue weighted by molar-refractivity contribution is 0.531. The minimum absolute atomic E-state index is 0.143. The Bertz CT molecular complexity index is 471. The molecule has 5 heteroatoms. The normalized spacial score (nSPS) is 12.7. The van der Waals surface area contributed by atoms with Gasteiger partial charge in [-0.15, -0.1) is 0 Å². The summed E-state index contributed by atoms with van der Waals surface area (Å²) in [6, 6.07) is 4.23. The first-order valence-corrected chi connectivity index (χ1v) is 4.65. The fourth-order valence-electron chi connectivity index (χ4n) is 1.54. The largest absolute Gasteiger partial charge is 0.472 e. The van der Waals surface area contributed by atoms with Gasteiger partial charge in [0.2, 0.25) is 0 Å². The lowest BCUT2D eigenvalue weighted by atomic mass is 10.0. The molecule has 3 nitrogen and oxygen atoms in total. The zero-order valence-electron chi connectivity index (χ0n) is 8.28. The first-order valence-electron chi connectivity index (χ1n) is 4.65. The Kier molecular flexibility index (Phi) is 2.98. The summed E-state index contributed by atoms with van der Waals surface area (Å²) < 4.78 is 31.4. The summed E-state index contributed by atoms with van der Waals surface area (Å²) in [4.78, 5) is 0. The van der Waals surface area contributed by atoms with E-state index in [1.807, 2.05) is 0 Å². The standard InChI is InChI=1S/C11H10F2N2O/c12-8-1-2-10(13)9(5-8)11(15-14)7-3-4-16-6-7/h1-6,11,15H,14H2. The maximum absolute atomic E-state index is 13.5. The van der Waals surface area contributed by atoms with Gasteiger partial charge in [-0.25, -0.2) is 14.2 Å². The fraction of sp³-hybridized carbons (Fsp3) is 0.0909. The highest BCUT2D eigenvalue weighted by atomic mass is 19.1. The Hall–Kier alpha value is -1.72. The van der Waals surface area contributed by atoms with Crippen molar-refractivity contribution in [2.75, 3.05) is 0 Å². The Morgan fingerprint density at radius 1 is 1.25 bits per heavy atom. The van der Waals surface area contributed by atoms with Crippen LogP contribution >= 0.6 is 0 Å². The molecular formula is C11H10F2N2O. The van der Waals surface area contributed by atoms with Gasteiger partial charge in [-0.05, 0) is 24.3 Å². The van der Waals surface area contributed by atoms with E-state index in [-0.39, 0.29) is 5.56 Å². The maximum Gasteiger partial charge on any atom is 0.128 e. The van der Waals surface area contributed by atoms with Crippen LogP contribution in [0.3, 0.4) is 0 Å². The summed E-state index contributed by atoms with van der Waals surface area (Å²) in [6.07, 6.45) is 2.87. The second kappa shape index (κ2) is 4.42. The van der Waals surface area contributed by atoms with Crippen molar-refractivity contribution in [3.63, 3.8) is 0 Å². The van der Waals surface area contributed by atoms with Crippen molar-refractivity contribution in [3.8, 4) is 0 Å². The summed E-state index contributed by atoms with van der Waals surface area (Å²) >= 11 is 0. The average molecular weight is 224 g/mol. The number of halogens is 2. The summed E-state index contributed by atoms with van der Waals surface area (Å²) in [5, 5.41) is 0. The van der Waals surface area contributed by atoms with Crippen LogP contribution in [-0.4, -0.2) is 0 Å². The minimum atomic E-state index is -0.630. The highest BCUT2D eigenvalue weighted by molar-refractivity contribution is 5.30. The maximum atomic E-state index is 13.5. The van der Waals surface area contributed by atoms with E-state index in [2.05, 4.69) is 5.43 Å². The molecule has 0 aliphatic carbocycles. The predicted octanol–water partition coefficient (Wildman–Crippen LogP) is 2.11. The summed E-state index contributed by atoms with van der Waals surface area (Å²) in [6.45, 7) is 0.